The fraction of sp³-hybridized carbons (Fsp3) is 0.308. The molecular weight excluding hydrogens is 405 g/mol. The predicted octanol–water partition coefficient (Wildman–Crippen LogP) is 4.89. The molecule has 0 saturated carbocycles. The van der Waals surface area contributed by atoms with E-state index in [1.165, 1.54) is 12.1 Å². The number of piperidine rings is 1. The summed E-state index contributed by atoms with van der Waals surface area (Å²) in [5.74, 6) is 0.458. The van der Waals surface area contributed by atoms with Crippen LogP contribution in [0.1, 0.15) is 42.0 Å². The van der Waals surface area contributed by atoms with Gasteiger partial charge in [-0.25, -0.2) is 9.37 Å². The second kappa shape index (κ2) is 8.26. The Morgan fingerprint density at radius 1 is 1.16 bits per heavy atom. The topological polar surface area (TPSA) is 47.4 Å². The maximum atomic E-state index is 13.6. The van der Waals surface area contributed by atoms with Crippen molar-refractivity contribution in [1.82, 2.24) is 14.5 Å². The molecule has 2 aromatic carbocycles. The van der Waals surface area contributed by atoms with E-state index in [-0.39, 0.29) is 23.7 Å². The van der Waals surface area contributed by atoms with Crippen molar-refractivity contribution in [3.8, 4) is 11.4 Å². The molecule has 3 heterocycles. The molecule has 2 aliphatic heterocycles. The van der Waals surface area contributed by atoms with E-state index in [0.717, 1.165) is 53.9 Å². The zero-order chi connectivity index (χ0) is 22.2. The number of carbonyl (C=O) groups is 1. The minimum absolute atomic E-state index is 0.0645. The summed E-state index contributed by atoms with van der Waals surface area (Å²) >= 11 is 0. The van der Waals surface area contributed by atoms with Crippen LogP contribution in [0.15, 0.2) is 60.6 Å². The summed E-state index contributed by atoms with van der Waals surface area (Å²) in [6.45, 7) is 2.72. The first kappa shape index (κ1) is 20.5. The summed E-state index contributed by atoms with van der Waals surface area (Å²) in [5.41, 5.74) is 4.46. The first-order chi connectivity index (χ1) is 15.5. The molecule has 2 atom stereocenters. The zero-order valence-corrected chi connectivity index (χ0v) is 18.3. The number of hydrogen-bond donors (Lipinski definition) is 0. The van der Waals surface area contributed by atoms with Crippen LogP contribution in [0.4, 0.5) is 4.39 Å². The Morgan fingerprint density at radius 2 is 1.97 bits per heavy atom. The average molecular weight is 432 g/mol. The quantitative estimate of drug-likeness (QED) is 0.553. The Bertz CT molecular complexity index is 1180. The van der Waals surface area contributed by atoms with Gasteiger partial charge in [-0.05, 0) is 67.7 Å². The molecule has 3 aromatic rings. The number of rotatable bonds is 4. The molecule has 0 spiro atoms. The van der Waals surface area contributed by atoms with Gasteiger partial charge in [0.1, 0.15) is 11.6 Å². The zero-order valence-electron chi connectivity index (χ0n) is 18.3. The van der Waals surface area contributed by atoms with Gasteiger partial charge in [0.2, 0.25) is 0 Å². The van der Waals surface area contributed by atoms with Crippen molar-refractivity contribution in [2.75, 3.05) is 13.7 Å². The van der Waals surface area contributed by atoms with Gasteiger partial charge in [-0.2, -0.15) is 0 Å². The Hall–Kier alpha value is -3.41. The van der Waals surface area contributed by atoms with Crippen LogP contribution in [0, 0.1) is 12.7 Å². The van der Waals surface area contributed by atoms with Crippen LogP contribution in [-0.4, -0.2) is 40.1 Å². The third-order valence-electron chi connectivity index (χ3n) is 6.52. The molecule has 1 aromatic heterocycles. The Labute approximate surface area is 187 Å². The average Bonchev–Trinajstić information content (AvgIpc) is 3.36. The Kier molecular flexibility index (Phi) is 5.29. The summed E-state index contributed by atoms with van der Waals surface area (Å²) in [5, 5.41) is 0. The number of fused-ring (bicyclic) bond motifs is 1. The highest BCUT2D eigenvalue weighted by Gasteiger charge is 2.45. The molecule has 0 aliphatic carbocycles. The molecule has 164 valence electrons. The minimum Gasteiger partial charge on any atom is -0.495 e. The molecule has 0 bridgehead atoms. The van der Waals surface area contributed by atoms with Crippen molar-refractivity contribution < 1.29 is 13.9 Å². The number of imidazole rings is 1. The summed E-state index contributed by atoms with van der Waals surface area (Å²) in [6.07, 6.45) is 8.77. The second-order valence-corrected chi connectivity index (χ2v) is 8.54. The van der Waals surface area contributed by atoms with E-state index in [1.54, 1.807) is 13.4 Å². The highest BCUT2D eigenvalue weighted by molar-refractivity contribution is 6.02. The summed E-state index contributed by atoms with van der Waals surface area (Å²) < 4.78 is 21.1. The molecule has 6 heteroatoms. The summed E-state index contributed by atoms with van der Waals surface area (Å²) in [7, 11) is 1.64. The summed E-state index contributed by atoms with van der Waals surface area (Å²) in [4.78, 5) is 19.7. The van der Waals surface area contributed by atoms with Crippen molar-refractivity contribution in [2.45, 2.75) is 38.1 Å². The van der Waals surface area contributed by atoms with Crippen molar-refractivity contribution in [3.05, 3.63) is 83.2 Å². The van der Waals surface area contributed by atoms with Crippen molar-refractivity contribution in [2.24, 2.45) is 0 Å². The van der Waals surface area contributed by atoms with Gasteiger partial charge in [0.15, 0.2) is 0 Å². The lowest BCUT2D eigenvalue weighted by Gasteiger charge is -2.32. The number of hydrogen-bond acceptors (Lipinski definition) is 3. The first-order valence-electron chi connectivity index (χ1n) is 11.0. The number of carbonyl (C=O) groups excluding carboxylic acids is 1. The Morgan fingerprint density at radius 3 is 2.69 bits per heavy atom. The maximum Gasteiger partial charge on any atom is 0.250 e. The number of halogens is 1. The fourth-order valence-corrected chi connectivity index (χ4v) is 5.02. The molecular formula is C26H26FN3O2. The number of ether oxygens (including phenoxy) is 1. The molecule has 0 radical (unpaired) electrons. The van der Waals surface area contributed by atoms with Crippen LogP contribution in [0.25, 0.3) is 11.8 Å². The number of amides is 1. The van der Waals surface area contributed by atoms with E-state index in [2.05, 4.69) is 4.98 Å². The minimum atomic E-state index is -0.265. The van der Waals surface area contributed by atoms with Crippen LogP contribution in [0.2, 0.25) is 0 Å². The lowest BCUT2D eigenvalue weighted by atomic mass is 9.84. The number of aryl methyl sites for hydroxylation is 1. The van der Waals surface area contributed by atoms with Gasteiger partial charge < -0.3 is 14.2 Å². The predicted molar refractivity (Wildman–Crippen MR) is 121 cm³/mol. The number of nitrogens with zero attached hydrogens (tertiary/aromatic N) is 3. The van der Waals surface area contributed by atoms with Crippen LogP contribution in [0.3, 0.4) is 0 Å². The molecule has 5 nitrogen and oxygen atoms in total. The maximum absolute atomic E-state index is 13.6. The molecule has 2 aliphatic rings. The monoisotopic (exact) mass is 431 g/mol. The van der Waals surface area contributed by atoms with E-state index in [1.807, 2.05) is 59.0 Å². The largest absolute Gasteiger partial charge is 0.495 e. The van der Waals surface area contributed by atoms with Gasteiger partial charge in [0.25, 0.3) is 5.91 Å². The molecule has 1 amide bonds. The lowest BCUT2D eigenvalue weighted by Crippen LogP contribution is -2.38. The number of aromatic nitrogens is 2. The van der Waals surface area contributed by atoms with Gasteiger partial charge >= 0.3 is 0 Å². The van der Waals surface area contributed by atoms with Gasteiger partial charge in [-0.15, -0.1) is 0 Å². The van der Waals surface area contributed by atoms with Gasteiger partial charge in [0, 0.05) is 30.3 Å². The van der Waals surface area contributed by atoms with E-state index < -0.39 is 0 Å². The lowest BCUT2D eigenvalue weighted by molar-refractivity contribution is -0.127. The van der Waals surface area contributed by atoms with Gasteiger partial charge in [-0.1, -0.05) is 18.2 Å². The highest BCUT2D eigenvalue weighted by Crippen LogP contribution is 2.44. The summed E-state index contributed by atoms with van der Waals surface area (Å²) in [6, 6.07) is 12.6. The molecule has 0 N–H and O–H groups in total. The Balaban J connectivity index is 1.57. The third kappa shape index (κ3) is 3.60. The molecule has 0 unspecified atom stereocenters. The van der Waals surface area contributed by atoms with E-state index in [9.17, 15) is 9.18 Å². The highest BCUT2D eigenvalue weighted by atomic mass is 19.1. The van der Waals surface area contributed by atoms with Crippen LogP contribution < -0.4 is 4.74 Å². The third-order valence-corrected chi connectivity index (χ3v) is 6.52. The van der Waals surface area contributed by atoms with Crippen molar-refractivity contribution in [1.29, 1.82) is 0 Å². The SMILES string of the molecule is COc1cc(/C=C2/C(=O)N3CCCC[C@@H]3[C@@H]2c2ccc(F)cc2)ccc1-n1cnc(C)c1. The molecule has 5 rings (SSSR count). The van der Waals surface area contributed by atoms with Crippen LogP contribution >= 0.6 is 0 Å². The molecule has 2 fully saturated rings. The van der Waals surface area contributed by atoms with E-state index in [0.29, 0.717) is 5.75 Å². The second-order valence-electron chi connectivity index (χ2n) is 8.54. The first-order valence-corrected chi connectivity index (χ1v) is 11.0. The smallest absolute Gasteiger partial charge is 0.250 e. The number of benzene rings is 2. The van der Waals surface area contributed by atoms with Crippen molar-refractivity contribution in [3.63, 3.8) is 0 Å². The molecule has 2 saturated heterocycles. The van der Waals surface area contributed by atoms with E-state index in [4.69, 9.17) is 4.74 Å². The van der Waals surface area contributed by atoms with Gasteiger partial charge in [0.05, 0.1) is 24.8 Å². The normalized spacial score (nSPS) is 21.8. The molecule has 32 heavy (non-hydrogen) atoms. The van der Waals surface area contributed by atoms with Gasteiger partial charge in [-0.3, -0.25) is 4.79 Å². The van der Waals surface area contributed by atoms with Crippen LogP contribution in [0.5, 0.6) is 5.75 Å². The fourth-order valence-electron chi connectivity index (χ4n) is 5.02. The van der Waals surface area contributed by atoms with E-state index >= 15 is 0 Å². The van der Waals surface area contributed by atoms with Crippen molar-refractivity contribution >= 4 is 12.0 Å². The number of methoxy groups -OCH3 is 1. The standard InChI is InChI=1S/C26H26FN3O2/c1-17-15-29(16-28-17)22-11-6-18(14-24(22)32-2)13-21-25(19-7-9-20(27)10-8-19)23-5-3-4-12-30(23)26(21)31/h6-11,13-16,23,25H,3-5,12H2,1-2H3/b21-13+/t23-,25-/m1/s1. The van der Waals surface area contributed by atoms with Crippen LogP contribution in [-0.2, 0) is 4.79 Å².